The van der Waals surface area contributed by atoms with Gasteiger partial charge in [-0.25, -0.2) is 0 Å². The summed E-state index contributed by atoms with van der Waals surface area (Å²) < 4.78 is 0. The van der Waals surface area contributed by atoms with Crippen molar-refractivity contribution < 1.29 is 0 Å². The van der Waals surface area contributed by atoms with Crippen LogP contribution < -0.4 is 4.90 Å². The first-order valence-corrected chi connectivity index (χ1v) is 10.4. The molecule has 0 aliphatic carbocycles. The minimum atomic E-state index is 0.724. The molecule has 0 spiro atoms. The van der Waals surface area contributed by atoms with E-state index in [0.717, 1.165) is 25.7 Å². The second kappa shape index (κ2) is 9.20. The van der Waals surface area contributed by atoms with Crippen LogP contribution in [0, 0.1) is 0 Å². The third kappa shape index (κ3) is 5.00. The van der Waals surface area contributed by atoms with E-state index in [9.17, 15) is 0 Å². The lowest BCUT2D eigenvalue weighted by atomic mass is 10.0. The van der Waals surface area contributed by atoms with Crippen molar-refractivity contribution in [3.8, 4) is 0 Å². The average Bonchev–Trinajstić information content (AvgIpc) is 2.76. The molecule has 27 heavy (non-hydrogen) atoms. The molecule has 0 aromatic heterocycles. The lowest BCUT2D eigenvalue weighted by Crippen LogP contribution is -2.55. The SMILES string of the molecule is C(=Cc1ccccc1)CN1CCCC(N2CCN(c3ccccc3)CC2)C1. The molecule has 0 bridgehead atoms. The van der Waals surface area contributed by atoms with Gasteiger partial charge in [-0.3, -0.25) is 9.80 Å². The number of benzene rings is 2. The Kier molecular flexibility index (Phi) is 6.23. The van der Waals surface area contributed by atoms with E-state index in [4.69, 9.17) is 0 Å². The molecule has 3 nitrogen and oxygen atoms in total. The van der Waals surface area contributed by atoms with Gasteiger partial charge in [0, 0.05) is 51.0 Å². The van der Waals surface area contributed by atoms with Gasteiger partial charge in [-0.1, -0.05) is 60.7 Å². The number of para-hydroxylation sites is 1. The van der Waals surface area contributed by atoms with Gasteiger partial charge in [-0.15, -0.1) is 0 Å². The van der Waals surface area contributed by atoms with Crippen molar-refractivity contribution in [3.63, 3.8) is 0 Å². The predicted octanol–water partition coefficient (Wildman–Crippen LogP) is 3.99. The Morgan fingerprint density at radius 2 is 1.52 bits per heavy atom. The fraction of sp³-hybridized carbons (Fsp3) is 0.417. The topological polar surface area (TPSA) is 9.72 Å². The number of piperazine rings is 1. The van der Waals surface area contributed by atoms with Crippen molar-refractivity contribution >= 4 is 11.8 Å². The summed E-state index contributed by atoms with van der Waals surface area (Å²) in [5.41, 5.74) is 2.66. The highest BCUT2D eigenvalue weighted by molar-refractivity contribution is 5.49. The number of anilines is 1. The van der Waals surface area contributed by atoms with Gasteiger partial charge in [-0.2, -0.15) is 0 Å². The highest BCUT2D eigenvalue weighted by Crippen LogP contribution is 2.21. The normalized spacial score (nSPS) is 22.4. The molecule has 3 heteroatoms. The van der Waals surface area contributed by atoms with E-state index in [2.05, 4.69) is 87.5 Å². The van der Waals surface area contributed by atoms with Gasteiger partial charge in [0.05, 0.1) is 0 Å². The monoisotopic (exact) mass is 361 g/mol. The van der Waals surface area contributed by atoms with Crippen molar-refractivity contribution in [1.29, 1.82) is 0 Å². The first kappa shape index (κ1) is 18.3. The van der Waals surface area contributed by atoms with Gasteiger partial charge in [0.2, 0.25) is 0 Å². The van der Waals surface area contributed by atoms with E-state index < -0.39 is 0 Å². The van der Waals surface area contributed by atoms with Crippen LogP contribution >= 0.6 is 0 Å². The molecule has 1 unspecified atom stereocenters. The Balaban J connectivity index is 1.26. The summed E-state index contributed by atoms with van der Waals surface area (Å²) in [6, 6.07) is 22.2. The standard InChI is InChI=1S/C24H31N3/c1-3-9-22(10-4-1)11-7-15-25-16-8-14-24(21-25)27-19-17-26(18-20-27)23-12-5-2-6-13-23/h1-7,9-13,24H,8,14-21H2. The summed E-state index contributed by atoms with van der Waals surface area (Å²) in [5, 5.41) is 0. The number of rotatable bonds is 5. The maximum atomic E-state index is 2.73. The number of piperidine rings is 1. The summed E-state index contributed by atoms with van der Waals surface area (Å²) >= 11 is 0. The molecule has 142 valence electrons. The van der Waals surface area contributed by atoms with Crippen LogP contribution in [0.1, 0.15) is 18.4 Å². The van der Waals surface area contributed by atoms with E-state index in [-0.39, 0.29) is 0 Å². The fourth-order valence-electron chi connectivity index (χ4n) is 4.38. The van der Waals surface area contributed by atoms with Gasteiger partial charge >= 0.3 is 0 Å². The molecule has 0 saturated carbocycles. The lowest BCUT2D eigenvalue weighted by Gasteiger charge is -2.43. The van der Waals surface area contributed by atoms with Crippen LogP contribution in [0.2, 0.25) is 0 Å². The van der Waals surface area contributed by atoms with Crippen LogP contribution in [-0.4, -0.2) is 61.7 Å². The van der Waals surface area contributed by atoms with Crippen LogP contribution in [0.3, 0.4) is 0 Å². The Hall–Kier alpha value is -2.10. The predicted molar refractivity (Wildman–Crippen MR) is 115 cm³/mol. The number of hydrogen-bond donors (Lipinski definition) is 0. The molecule has 0 amide bonds. The molecular formula is C24H31N3. The Labute approximate surface area is 163 Å². The quantitative estimate of drug-likeness (QED) is 0.797. The minimum Gasteiger partial charge on any atom is -0.369 e. The Morgan fingerprint density at radius 3 is 2.26 bits per heavy atom. The highest BCUT2D eigenvalue weighted by atomic mass is 15.3. The van der Waals surface area contributed by atoms with Crippen LogP contribution in [0.25, 0.3) is 6.08 Å². The van der Waals surface area contributed by atoms with E-state index in [0.29, 0.717) is 0 Å². The Morgan fingerprint density at radius 1 is 0.815 bits per heavy atom. The first-order valence-electron chi connectivity index (χ1n) is 10.4. The van der Waals surface area contributed by atoms with Gasteiger partial charge in [0.1, 0.15) is 0 Å². The zero-order valence-electron chi connectivity index (χ0n) is 16.2. The van der Waals surface area contributed by atoms with Crippen molar-refractivity contribution in [3.05, 3.63) is 72.3 Å². The van der Waals surface area contributed by atoms with E-state index in [1.54, 1.807) is 0 Å². The number of hydrogen-bond acceptors (Lipinski definition) is 3. The van der Waals surface area contributed by atoms with E-state index in [1.807, 2.05) is 0 Å². The molecular weight excluding hydrogens is 330 g/mol. The summed E-state index contributed by atoms with van der Waals surface area (Å²) in [6.45, 7) is 8.18. The summed E-state index contributed by atoms with van der Waals surface area (Å²) in [6.07, 6.45) is 7.25. The van der Waals surface area contributed by atoms with E-state index in [1.165, 1.54) is 50.3 Å². The second-order valence-corrected chi connectivity index (χ2v) is 7.73. The minimum absolute atomic E-state index is 0.724. The third-order valence-corrected chi connectivity index (χ3v) is 5.91. The molecule has 2 aliphatic rings. The van der Waals surface area contributed by atoms with Gasteiger partial charge < -0.3 is 4.90 Å². The van der Waals surface area contributed by atoms with Crippen molar-refractivity contribution in [2.24, 2.45) is 0 Å². The Bertz CT molecular complexity index is 705. The second-order valence-electron chi connectivity index (χ2n) is 7.73. The average molecular weight is 362 g/mol. The highest BCUT2D eigenvalue weighted by Gasteiger charge is 2.27. The number of nitrogens with zero attached hydrogens (tertiary/aromatic N) is 3. The van der Waals surface area contributed by atoms with Crippen molar-refractivity contribution in [1.82, 2.24) is 9.80 Å². The molecule has 4 rings (SSSR count). The molecule has 2 aromatic carbocycles. The molecule has 2 heterocycles. The smallest absolute Gasteiger partial charge is 0.0367 e. The molecule has 2 fully saturated rings. The summed E-state index contributed by atoms with van der Waals surface area (Å²) in [7, 11) is 0. The molecule has 0 N–H and O–H groups in total. The largest absolute Gasteiger partial charge is 0.369 e. The summed E-state index contributed by atoms with van der Waals surface area (Å²) in [4.78, 5) is 7.88. The maximum absolute atomic E-state index is 2.73. The van der Waals surface area contributed by atoms with Gasteiger partial charge in [0.25, 0.3) is 0 Å². The first-order chi connectivity index (χ1) is 13.4. The van der Waals surface area contributed by atoms with Crippen molar-refractivity contribution in [2.75, 3.05) is 50.7 Å². The van der Waals surface area contributed by atoms with Crippen molar-refractivity contribution in [2.45, 2.75) is 18.9 Å². The zero-order chi connectivity index (χ0) is 18.3. The molecule has 0 radical (unpaired) electrons. The molecule has 2 aromatic rings. The molecule has 1 atom stereocenters. The summed E-state index contributed by atoms with van der Waals surface area (Å²) in [5.74, 6) is 0. The van der Waals surface area contributed by atoms with Crippen LogP contribution in [0.15, 0.2) is 66.7 Å². The van der Waals surface area contributed by atoms with Crippen LogP contribution in [0.5, 0.6) is 0 Å². The van der Waals surface area contributed by atoms with Gasteiger partial charge in [0.15, 0.2) is 0 Å². The fourth-order valence-corrected chi connectivity index (χ4v) is 4.38. The van der Waals surface area contributed by atoms with Crippen LogP contribution in [0.4, 0.5) is 5.69 Å². The lowest BCUT2D eigenvalue weighted by molar-refractivity contribution is 0.0991. The van der Waals surface area contributed by atoms with Gasteiger partial charge in [-0.05, 0) is 37.1 Å². The molecule has 2 saturated heterocycles. The zero-order valence-corrected chi connectivity index (χ0v) is 16.2. The maximum Gasteiger partial charge on any atom is 0.0367 e. The number of likely N-dealkylation sites (tertiary alicyclic amines) is 1. The van der Waals surface area contributed by atoms with Crippen LogP contribution in [-0.2, 0) is 0 Å². The van der Waals surface area contributed by atoms with E-state index >= 15 is 0 Å². The third-order valence-electron chi connectivity index (χ3n) is 5.91. The molecule has 2 aliphatic heterocycles.